The molecule has 0 saturated carbocycles. The minimum absolute atomic E-state index is 0.0310. The molecule has 15 N–H and O–H groups in total. The first-order valence-electron chi connectivity index (χ1n) is 22.0. The van der Waals surface area contributed by atoms with Gasteiger partial charge in [-0.3, -0.25) is 38.4 Å². The van der Waals surface area contributed by atoms with Gasteiger partial charge in [-0.2, -0.15) is 0 Å². The maximum Gasteiger partial charge on any atom is 0.326 e. The SMILES string of the molecule is CC(C)[C@H](NC(=O)CNC(=O)[C@@H](NC(=O)[C@H](Cc1ccccc1)NC(=O)[C@H](CCCCN)NC(=O)[C@H](Cc1c[nH]c2ccccc12)NC(=O)[C@H](C)NC(=O)[C@@H](N)CCC(=O)O)[C@@H](C)O)C(=O)O. The van der Waals surface area contributed by atoms with E-state index in [1.54, 1.807) is 56.4 Å². The van der Waals surface area contributed by atoms with E-state index >= 15 is 0 Å². The number of nitrogens with two attached hydrogens (primary N) is 2. The third kappa shape index (κ3) is 17.8. The summed E-state index contributed by atoms with van der Waals surface area (Å²) in [6.45, 7) is 5.32. The van der Waals surface area contributed by atoms with Crippen LogP contribution in [-0.2, 0) is 56.0 Å². The predicted octanol–water partition coefficient (Wildman–Crippen LogP) is -1.56. The largest absolute Gasteiger partial charge is 0.481 e. The van der Waals surface area contributed by atoms with Gasteiger partial charge in [-0.25, -0.2) is 4.79 Å². The van der Waals surface area contributed by atoms with E-state index < -0.39 is 114 Å². The van der Waals surface area contributed by atoms with Gasteiger partial charge < -0.3 is 69.0 Å². The number of H-pyrrole nitrogens is 1. The standard InChI is InChI=1S/C45H64N10O12/c1-24(2)37(45(66)67)54-35(57)23-49-44(65)38(26(4)56)55-43(64)33(20-27-12-6-5-7-13-27)53-41(62)32(16-10-11-19-46)51-42(63)34(21-28-22-48-31-15-9-8-14-29(28)31)52-39(60)25(3)50-40(61)30(47)17-18-36(58)59/h5-9,12-15,22,24-26,30,32-34,37-38,48,56H,10-11,16-21,23,46-47H2,1-4H3,(H,49,65)(H,50,61)(H,51,63)(H,52,60)(H,53,62)(H,54,57)(H,55,64)(H,58,59)(H,66,67)/t25-,26+,30-,32-,33-,34-,37-,38-/m0/s1. The highest BCUT2D eigenvalue weighted by molar-refractivity contribution is 5.98. The lowest BCUT2D eigenvalue weighted by Crippen LogP contribution is -2.61. The van der Waals surface area contributed by atoms with Crippen molar-refractivity contribution >= 4 is 64.2 Å². The lowest BCUT2D eigenvalue weighted by Gasteiger charge is -2.28. The zero-order chi connectivity index (χ0) is 49.8. The van der Waals surface area contributed by atoms with Crippen LogP contribution in [0.25, 0.3) is 10.9 Å². The van der Waals surface area contributed by atoms with Crippen LogP contribution in [0.15, 0.2) is 60.8 Å². The van der Waals surface area contributed by atoms with Crippen molar-refractivity contribution in [2.75, 3.05) is 13.1 Å². The molecule has 0 saturated heterocycles. The van der Waals surface area contributed by atoms with Gasteiger partial charge in [-0.15, -0.1) is 0 Å². The summed E-state index contributed by atoms with van der Waals surface area (Å²) in [6, 6.07) is 6.36. The Bertz CT molecular complexity index is 2180. The predicted molar refractivity (Wildman–Crippen MR) is 244 cm³/mol. The number of aromatic amines is 1. The summed E-state index contributed by atoms with van der Waals surface area (Å²) in [5.41, 5.74) is 13.6. The van der Waals surface area contributed by atoms with Gasteiger partial charge in [-0.1, -0.05) is 62.4 Å². The van der Waals surface area contributed by atoms with E-state index in [0.717, 1.165) is 10.9 Å². The van der Waals surface area contributed by atoms with Crippen LogP contribution >= 0.6 is 0 Å². The molecule has 0 aliphatic heterocycles. The number of fused-ring (bicyclic) bond motifs is 1. The third-order valence-electron chi connectivity index (χ3n) is 10.7. The number of nitrogens with one attached hydrogen (secondary N) is 8. The molecular formula is C45H64N10O12. The Kier molecular flexibility index (Phi) is 21.9. The second-order valence-electron chi connectivity index (χ2n) is 16.6. The van der Waals surface area contributed by atoms with E-state index in [2.05, 4.69) is 42.2 Å². The van der Waals surface area contributed by atoms with Crippen molar-refractivity contribution in [2.45, 2.75) is 121 Å². The monoisotopic (exact) mass is 936 g/mol. The first-order valence-corrected chi connectivity index (χ1v) is 22.0. The molecule has 2 aromatic carbocycles. The fourth-order valence-corrected chi connectivity index (χ4v) is 6.86. The molecule has 22 heteroatoms. The summed E-state index contributed by atoms with van der Waals surface area (Å²) in [7, 11) is 0. The molecule has 8 atom stereocenters. The molecule has 0 bridgehead atoms. The van der Waals surface area contributed by atoms with Crippen LogP contribution in [0.1, 0.15) is 70.9 Å². The molecule has 0 spiro atoms. The maximum absolute atomic E-state index is 14.3. The van der Waals surface area contributed by atoms with Crippen molar-refractivity contribution in [1.29, 1.82) is 0 Å². The number of aliphatic hydroxyl groups excluding tert-OH is 1. The van der Waals surface area contributed by atoms with Gasteiger partial charge in [0, 0.05) is 36.4 Å². The van der Waals surface area contributed by atoms with Crippen LogP contribution in [0.4, 0.5) is 0 Å². The smallest absolute Gasteiger partial charge is 0.326 e. The van der Waals surface area contributed by atoms with Crippen molar-refractivity contribution < 1.29 is 58.5 Å². The molecule has 67 heavy (non-hydrogen) atoms. The van der Waals surface area contributed by atoms with Crippen molar-refractivity contribution in [3.05, 3.63) is 71.9 Å². The van der Waals surface area contributed by atoms with Crippen molar-refractivity contribution in [3.63, 3.8) is 0 Å². The molecule has 3 rings (SSSR count). The Morgan fingerprint density at radius 1 is 0.642 bits per heavy atom. The number of aromatic nitrogens is 1. The molecule has 3 aromatic rings. The Balaban J connectivity index is 1.88. The van der Waals surface area contributed by atoms with Gasteiger partial charge in [-0.05, 0) is 69.2 Å². The summed E-state index contributed by atoms with van der Waals surface area (Å²) in [5.74, 6) is -8.83. The Morgan fingerprint density at radius 2 is 1.24 bits per heavy atom. The van der Waals surface area contributed by atoms with Crippen LogP contribution in [0, 0.1) is 5.92 Å². The van der Waals surface area contributed by atoms with Crippen LogP contribution in [0.2, 0.25) is 0 Å². The Hall–Kier alpha value is -6.91. The fraction of sp³-hybridized carbons (Fsp3) is 0.489. The van der Waals surface area contributed by atoms with Gasteiger partial charge in [0.1, 0.15) is 36.3 Å². The molecule has 366 valence electrons. The van der Waals surface area contributed by atoms with Crippen molar-refractivity contribution in [1.82, 2.24) is 42.2 Å². The minimum atomic E-state index is -1.64. The summed E-state index contributed by atoms with van der Waals surface area (Å²) < 4.78 is 0. The maximum atomic E-state index is 14.3. The number of benzene rings is 2. The zero-order valence-electron chi connectivity index (χ0n) is 38.0. The number of carboxylic acid groups (broad SMARTS) is 2. The molecule has 0 radical (unpaired) electrons. The normalized spacial score (nSPS) is 14.7. The molecule has 0 aliphatic rings. The average molecular weight is 937 g/mol. The lowest BCUT2D eigenvalue weighted by atomic mass is 10.0. The topological polar surface area (TPSA) is 366 Å². The molecule has 0 fully saturated rings. The number of carbonyl (C=O) groups is 9. The number of amides is 7. The number of para-hydroxylation sites is 1. The van der Waals surface area contributed by atoms with E-state index in [0.29, 0.717) is 24.0 Å². The first kappa shape index (κ1) is 54.4. The zero-order valence-corrected chi connectivity index (χ0v) is 38.0. The molecule has 22 nitrogen and oxygen atoms in total. The number of unbranched alkanes of at least 4 members (excludes halogenated alkanes) is 1. The highest BCUT2D eigenvalue weighted by atomic mass is 16.4. The van der Waals surface area contributed by atoms with Gasteiger partial charge in [0.05, 0.1) is 18.7 Å². The number of aliphatic hydroxyl groups is 1. The molecule has 1 heterocycles. The second-order valence-corrected chi connectivity index (χ2v) is 16.6. The van der Waals surface area contributed by atoms with Gasteiger partial charge in [0.25, 0.3) is 0 Å². The number of rotatable bonds is 28. The molecule has 0 aliphatic carbocycles. The molecular weight excluding hydrogens is 873 g/mol. The lowest BCUT2D eigenvalue weighted by molar-refractivity contribution is -0.143. The molecule has 0 unspecified atom stereocenters. The van der Waals surface area contributed by atoms with Crippen molar-refractivity contribution in [3.8, 4) is 0 Å². The van der Waals surface area contributed by atoms with Gasteiger partial charge >= 0.3 is 11.9 Å². The molecule has 1 aromatic heterocycles. The molecule has 7 amide bonds. The quantitative estimate of drug-likeness (QED) is 0.0367. The third-order valence-corrected chi connectivity index (χ3v) is 10.7. The van der Waals surface area contributed by atoms with E-state index in [4.69, 9.17) is 16.6 Å². The van der Waals surface area contributed by atoms with Gasteiger partial charge in [0.2, 0.25) is 41.4 Å². The highest BCUT2D eigenvalue weighted by Crippen LogP contribution is 2.20. The Morgan fingerprint density at radius 3 is 1.87 bits per heavy atom. The van der Waals surface area contributed by atoms with Crippen LogP contribution in [0.5, 0.6) is 0 Å². The van der Waals surface area contributed by atoms with E-state index in [-0.39, 0.29) is 38.6 Å². The van der Waals surface area contributed by atoms with Crippen molar-refractivity contribution in [2.24, 2.45) is 17.4 Å². The van der Waals surface area contributed by atoms with Crippen LogP contribution < -0.4 is 48.7 Å². The fourth-order valence-electron chi connectivity index (χ4n) is 6.86. The summed E-state index contributed by atoms with van der Waals surface area (Å²) in [4.78, 5) is 120. The number of aliphatic carboxylic acids is 2. The summed E-state index contributed by atoms with van der Waals surface area (Å²) >= 11 is 0. The van der Waals surface area contributed by atoms with E-state index in [1.807, 2.05) is 18.2 Å². The van der Waals surface area contributed by atoms with Crippen LogP contribution in [0.3, 0.4) is 0 Å². The summed E-state index contributed by atoms with van der Waals surface area (Å²) in [6.07, 6.45) is 0.214. The number of hydrogen-bond acceptors (Lipinski definition) is 12. The van der Waals surface area contributed by atoms with Gasteiger partial charge in [0.15, 0.2) is 0 Å². The number of hydrogen-bond donors (Lipinski definition) is 13. The summed E-state index contributed by atoms with van der Waals surface area (Å²) in [5, 5.41) is 47.2. The van der Waals surface area contributed by atoms with E-state index in [1.165, 1.54) is 13.8 Å². The number of carboxylic acids is 2. The van der Waals surface area contributed by atoms with E-state index in [9.17, 15) is 53.4 Å². The number of carbonyl (C=O) groups excluding carboxylic acids is 7. The minimum Gasteiger partial charge on any atom is -0.481 e. The highest BCUT2D eigenvalue weighted by Gasteiger charge is 2.34. The van der Waals surface area contributed by atoms with Crippen LogP contribution in [-0.4, -0.2) is 135 Å². The first-order chi connectivity index (χ1) is 31.7. The Labute approximate surface area is 387 Å². The second kappa shape index (κ2) is 26.9. The average Bonchev–Trinajstić information content (AvgIpc) is 3.69.